The van der Waals surface area contributed by atoms with Gasteiger partial charge in [-0.1, -0.05) is 6.42 Å². The molecule has 0 spiro atoms. The largest absolute Gasteiger partial charge is 0.370 e. The summed E-state index contributed by atoms with van der Waals surface area (Å²) in [6.07, 6.45) is 3.87. The van der Waals surface area contributed by atoms with Crippen LogP contribution >= 0.6 is 0 Å². The molecule has 0 bridgehead atoms. The quantitative estimate of drug-likeness (QED) is 0.742. The molecule has 0 amide bonds. The molecule has 1 aliphatic rings. The van der Waals surface area contributed by atoms with Crippen molar-refractivity contribution < 1.29 is 0 Å². The number of aryl methyl sites for hydroxylation is 1. The van der Waals surface area contributed by atoms with Gasteiger partial charge in [-0.25, -0.2) is 9.97 Å². The highest BCUT2D eigenvalue weighted by Crippen LogP contribution is 2.12. The van der Waals surface area contributed by atoms with Crippen LogP contribution in [0, 0.1) is 6.92 Å². The monoisotopic (exact) mass is 249 g/mol. The van der Waals surface area contributed by atoms with Crippen molar-refractivity contribution in [2.24, 2.45) is 0 Å². The highest BCUT2D eigenvalue weighted by atomic mass is 15.1. The van der Waals surface area contributed by atoms with Crippen LogP contribution in [0.25, 0.3) is 0 Å². The lowest BCUT2D eigenvalue weighted by molar-refractivity contribution is 0.414. The number of piperidine rings is 1. The van der Waals surface area contributed by atoms with Crippen molar-refractivity contribution in [1.29, 1.82) is 0 Å². The zero-order chi connectivity index (χ0) is 12.8. The van der Waals surface area contributed by atoms with Crippen LogP contribution in [0.1, 0.15) is 32.0 Å². The Labute approximate surface area is 109 Å². The third-order valence-electron chi connectivity index (χ3n) is 3.14. The van der Waals surface area contributed by atoms with Gasteiger partial charge in [-0.05, 0) is 33.2 Å². The summed E-state index contributed by atoms with van der Waals surface area (Å²) in [7, 11) is 0. The molecule has 18 heavy (non-hydrogen) atoms. The molecule has 3 N–H and O–H groups in total. The summed E-state index contributed by atoms with van der Waals surface area (Å²) in [5.41, 5.74) is 0. The Morgan fingerprint density at radius 3 is 2.72 bits per heavy atom. The van der Waals surface area contributed by atoms with E-state index in [1.165, 1.54) is 19.3 Å². The summed E-state index contributed by atoms with van der Waals surface area (Å²) in [6, 6.07) is 2.54. The van der Waals surface area contributed by atoms with Crippen molar-refractivity contribution in [2.45, 2.75) is 39.2 Å². The number of aromatic nitrogens is 2. The van der Waals surface area contributed by atoms with Crippen molar-refractivity contribution in [3.63, 3.8) is 0 Å². The standard InChI is InChI=1S/C13H23N5/c1-3-14-12-8-13(18-10(2)17-12)16-9-11-6-4-5-7-15-11/h8,11,15H,3-7,9H2,1-2H3,(H2,14,16,17,18). The van der Waals surface area contributed by atoms with E-state index in [4.69, 9.17) is 0 Å². The minimum atomic E-state index is 0.566. The Hall–Kier alpha value is -1.36. The van der Waals surface area contributed by atoms with Crippen LogP contribution < -0.4 is 16.0 Å². The van der Waals surface area contributed by atoms with Gasteiger partial charge in [-0.3, -0.25) is 0 Å². The van der Waals surface area contributed by atoms with Crippen molar-refractivity contribution in [3.05, 3.63) is 11.9 Å². The Balaban J connectivity index is 1.91. The maximum Gasteiger partial charge on any atom is 0.131 e. The molecule has 1 unspecified atom stereocenters. The third-order valence-corrected chi connectivity index (χ3v) is 3.14. The molecule has 2 rings (SSSR count). The molecule has 5 heteroatoms. The summed E-state index contributed by atoms with van der Waals surface area (Å²) in [6.45, 7) is 6.93. The molecule has 1 aromatic heterocycles. The van der Waals surface area contributed by atoms with Crippen molar-refractivity contribution in [1.82, 2.24) is 15.3 Å². The van der Waals surface area contributed by atoms with E-state index in [1.54, 1.807) is 0 Å². The number of nitrogens with zero attached hydrogens (tertiary/aromatic N) is 2. The predicted octanol–water partition coefficient (Wildman–Crippen LogP) is 1.77. The van der Waals surface area contributed by atoms with Crippen molar-refractivity contribution in [3.8, 4) is 0 Å². The van der Waals surface area contributed by atoms with E-state index in [0.717, 1.165) is 37.1 Å². The highest BCUT2D eigenvalue weighted by molar-refractivity contribution is 5.47. The second-order valence-electron chi connectivity index (χ2n) is 4.74. The summed E-state index contributed by atoms with van der Waals surface area (Å²) >= 11 is 0. The van der Waals surface area contributed by atoms with Crippen LogP contribution in [0.5, 0.6) is 0 Å². The first-order valence-electron chi connectivity index (χ1n) is 6.84. The van der Waals surface area contributed by atoms with Crippen molar-refractivity contribution >= 4 is 11.6 Å². The number of rotatable bonds is 5. The molecule has 1 aliphatic heterocycles. The van der Waals surface area contributed by atoms with Crippen LogP contribution in [0.2, 0.25) is 0 Å². The molecule has 0 aliphatic carbocycles. The molecule has 0 aromatic carbocycles. The van der Waals surface area contributed by atoms with E-state index in [2.05, 4.69) is 32.8 Å². The molecule has 1 saturated heterocycles. The van der Waals surface area contributed by atoms with E-state index in [0.29, 0.717) is 6.04 Å². The third kappa shape index (κ3) is 3.84. The Bertz CT molecular complexity index is 374. The van der Waals surface area contributed by atoms with E-state index >= 15 is 0 Å². The lowest BCUT2D eigenvalue weighted by Crippen LogP contribution is -2.39. The normalized spacial score (nSPS) is 19.6. The Morgan fingerprint density at radius 2 is 2.06 bits per heavy atom. The average molecular weight is 249 g/mol. The van der Waals surface area contributed by atoms with Gasteiger partial charge in [-0.2, -0.15) is 0 Å². The molecule has 1 aromatic rings. The first-order chi connectivity index (χ1) is 8.78. The number of nitrogens with one attached hydrogen (secondary N) is 3. The van der Waals surface area contributed by atoms with Gasteiger partial charge in [0.05, 0.1) is 0 Å². The van der Waals surface area contributed by atoms with Crippen LogP contribution in [0.3, 0.4) is 0 Å². The molecule has 1 fully saturated rings. The van der Waals surface area contributed by atoms with Gasteiger partial charge in [0.25, 0.3) is 0 Å². The fourth-order valence-electron chi connectivity index (χ4n) is 2.26. The molecule has 1 atom stereocenters. The zero-order valence-electron chi connectivity index (χ0n) is 11.3. The first kappa shape index (κ1) is 13.1. The minimum Gasteiger partial charge on any atom is -0.370 e. The predicted molar refractivity (Wildman–Crippen MR) is 75.1 cm³/mol. The van der Waals surface area contributed by atoms with Gasteiger partial charge in [0, 0.05) is 25.2 Å². The first-order valence-corrected chi connectivity index (χ1v) is 6.84. The van der Waals surface area contributed by atoms with Gasteiger partial charge in [0.15, 0.2) is 0 Å². The lowest BCUT2D eigenvalue weighted by Gasteiger charge is -2.23. The Morgan fingerprint density at radius 1 is 1.28 bits per heavy atom. The number of hydrogen-bond acceptors (Lipinski definition) is 5. The summed E-state index contributed by atoms with van der Waals surface area (Å²) in [5.74, 6) is 2.60. The molecular weight excluding hydrogens is 226 g/mol. The van der Waals surface area contributed by atoms with Gasteiger partial charge in [0.2, 0.25) is 0 Å². The molecule has 2 heterocycles. The van der Waals surface area contributed by atoms with Crippen LogP contribution in [-0.2, 0) is 0 Å². The smallest absolute Gasteiger partial charge is 0.131 e. The summed E-state index contributed by atoms with van der Waals surface area (Å²) in [4.78, 5) is 8.75. The topological polar surface area (TPSA) is 61.9 Å². The van der Waals surface area contributed by atoms with Gasteiger partial charge in [0.1, 0.15) is 17.5 Å². The van der Waals surface area contributed by atoms with E-state index in [1.807, 2.05) is 13.0 Å². The maximum atomic E-state index is 4.41. The van der Waals surface area contributed by atoms with E-state index in [9.17, 15) is 0 Å². The van der Waals surface area contributed by atoms with E-state index < -0.39 is 0 Å². The minimum absolute atomic E-state index is 0.566. The Kier molecular flexibility index (Phi) is 4.75. The van der Waals surface area contributed by atoms with Gasteiger partial charge >= 0.3 is 0 Å². The van der Waals surface area contributed by atoms with Gasteiger partial charge in [-0.15, -0.1) is 0 Å². The molecular formula is C13H23N5. The molecule has 0 radical (unpaired) electrons. The average Bonchev–Trinajstić information content (AvgIpc) is 2.37. The summed E-state index contributed by atoms with van der Waals surface area (Å²) in [5, 5.41) is 10.1. The van der Waals surface area contributed by atoms with Gasteiger partial charge < -0.3 is 16.0 Å². The fraction of sp³-hybridized carbons (Fsp3) is 0.692. The second kappa shape index (κ2) is 6.54. The number of anilines is 2. The number of hydrogen-bond donors (Lipinski definition) is 3. The fourth-order valence-corrected chi connectivity index (χ4v) is 2.26. The van der Waals surface area contributed by atoms with E-state index in [-0.39, 0.29) is 0 Å². The zero-order valence-corrected chi connectivity index (χ0v) is 11.3. The maximum absolute atomic E-state index is 4.41. The van der Waals surface area contributed by atoms with Crippen LogP contribution in [0.15, 0.2) is 6.07 Å². The molecule has 0 saturated carbocycles. The summed E-state index contributed by atoms with van der Waals surface area (Å²) < 4.78 is 0. The second-order valence-corrected chi connectivity index (χ2v) is 4.74. The van der Waals surface area contributed by atoms with Crippen LogP contribution in [0.4, 0.5) is 11.6 Å². The SMILES string of the molecule is CCNc1cc(NCC2CCCCN2)nc(C)n1. The van der Waals surface area contributed by atoms with Crippen LogP contribution in [-0.4, -0.2) is 35.6 Å². The lowest BCUT2D eigenvalue weighted by atomic mass is 10.1. The van der Waals surface area contributed by atoms with Crippen molar-refractivity contribution in [2.75, 3.05) is 30.3 Å². The highest BCUT2D eigenvalue weighted by Gasteiger charge is 2.12. The molecule has 5 nitrogen and oxygen atoms in total. The molecule has 100 valence electrons.